The number of pyridine rings is 1. The minimum Gasteiger partial charge on any atom is -0.355 e. The third-order valence-electron chi connectivity index (χ3n) is 3.92. The molecule has 1 aliphatic heterocycles. The van der Waals surface area contributed by atoms with Crippen LogP contribution in [0.3, 0.4) is 0 Å². The number of carbonyl (C=O) groups is 2. The number of rotatable bonds is 5. The molecule has 0 bridgehead atoms. The number of hydrogen-bond acceptors (Lipinski definition) is 4. The molecular formula is C16H24N4O2. The maximum atomic E-state index is 12.3. The molecule has 1 aliphatic rings. The van der Waals surface area contributed by atoms with E-state index in [9.17, 15) is 9.59 Å². The molecule has 0 spiro atoms. The number of amides is 2. The molecule has 1 N–H and O–H groups in total. The first kappa shape index (κ1) is 16.4. The van der Waals surface area contributed by atoms with E-state index in [1.807, 2.05) is 19.0 Å². The van der Waals surface area contributed by atoms with Crippen molar-refractivity contribution in [3.63, 3.8) is 0 Å². The Morgan fingerprint density at radius 2 is 2.09 bits per heavy atom. The van der Waals surface area contributed by atoms with Gasteiger partial charge in [-0.05, 0) is 39.1 Å². The van der Waals surface area contributed by atoms with Crippen LogP contribution in [0, 0.1) is 5.92 Å². The summed E-state index contributed by atoms with van der Waals surface area (Å²) in [5.41, 5.74) is 0.608. The average Bonchev–Trinajstić information content (AvgIpc) is 2.54. The minimum atomic E-state index is -0.000402. The molecule has 0 unspecified atom stereocenters. The first-order chi connectivity index (χ1) is 10.6. The predicted molar refractivity (Wildman–Crippen MR) is 84.4 cm³/mol. The molecule has 1 fully saturated rings. The normalized spacial score (nSPS) is 15.9. The van der Waals surface area contributed by atoms with Gasteiger partial charge in [-0.25, -0.2) is 0 Å². The van der Waals surface area contributed by atoms with Crippen molar-refractivity contribution in [1.29, 1.82) is 0 Å². The Balaban J connectivity index is 1.78. The second kappa shape index (κ2) is 7.89. The van der Waals surface area contributed by atoms with Gasteiger partial charge in [0.1, 0.15) is 0 Å². The molecule has 120 valence electrons. The Hall–Kier alpha value is -1.95. The fraction of sp³-hybridized carbons (Fsp3) is 0.562. The molecule has 0 aromatic carbocycles. The number of nitrogens with zero attached hydrogens (tertiary/aromatic N) is 3. The summed E-state index contributed by atoms with van der Waals surface area (Å²) in [5.74, 6) is 0.120. The summed E-state index contributed by atoms with van der Waals surface area (Å²) in [4.78, 5) is 32.2. The number of nitrogens with one attached hydrogen (secondary N) is 1. The highest BCUT2D eigenvalue weighted by Crippen LogP contribution is 2.19. The summed E-state index contributed by atoms with van der Waals surface area (Å²) in [6.45, 7) is 2.75. The summed E-state index contributed by atoms with van der Waals surface area (Å²) in [6, 6.07) is 3.54. The van der Waals surface area contributed by atoms with Crippen LogP contribution < -0.4 is 5.32 Å². The van der Waals surface area contributed by atoms with Gasteiger partial charge in [0.15, 0.2) is 0 Å². The first-order valence-electron chi connectivity index (χ1n) is 7.69. The van der Waals surface area contributed by atoms with Crippen LogP contribution in [0.2, 0.25) is 0 Å². The summed E-state index contributed by atoms with van der Waals surface area (Å²) < 4.78 is 0. The van der Waals surface area contributed by atoms with Crippen molar-refractivity contribution in [2.24, 2.45) is 5.92 Å². The van der Waals surface area contributed by atoms with Gasteiger partial charge in [-0.15, -0.1) is 0 Å². The zero-order valence-corrected chi connectivity index (χ0v) is 13.3. The Morgan fingerprint density at radius 3 is 2.68 bits per heavy atom. The fourth-order valence-electron chi connectivity index (χ4n) is 2.56. The number of piperidine rings is 1. The summed E-state index contributed by atoms with van der Waals surface area (Å²) in [6.07, 6.45) is 4.68. The van der Waals surface area contributed by atoms with E-state index in [0.717, 1.165) is 19.4 Å². The van der Waals surface area contributed by atoms with Crippen LogP contribution in [0.1, 0.15) is 23.2 Å². The van der Waals surface area contributed by atoms with Gasteiger partial charge in [0.2, 0.25) is 5.91 Å². The lowest BCUT2D eigenvalue weighted by atomic mass is 9.95. The van der Waals surface area contributed by atoms with Crippen LogP contribution in [0.25, 0.3) is 0 Å². The van der Waals surface area contributed by atoms with E-state index in [1.165, 1.54) is 0 Å². The monoisotopic (exact) mass is 304 g/mol. The van der Waals surface area contributed by atoms with Crippen molar-refractivity contribution in [1.82, 2.24) is 20.1 Å². The summed E-state index contributed by atoms with van der Waals surface area (Å²) in [5, 5.41) is 2.97. The standard InChI is InChI=1S/C16H24N4O2/c1-19(2)11-8-18-15(21)13-5-9-20(10-6-13)16(22)14-4-3-7-17-12-14/h3-4,7,12-13H,5-6,8-11H2,1-2H3,(H,18,21). The van der Waals surface area contributed by atoms with E-state index in [2.05, 4.69) is 10.3 Å². The van der Waals surface area contributed by atoms with E-state index in [-0.39, 0.29) is 17.7 Å². The Kier molecular flexibility index (Phi) is 5.89. The molecule has 1 aromatic heterocycles. The number of likely N-dealkylation sites (N-methyl/N-ethyl adjacent to an activating group) is 1. The SMILES string of the molecule is CN(C)CCNC(=O)C1CCN(C(=O)c2cccnc2)CC1. The lowest BCUT2D eigenvalue weighted by molar-refractivity contribution is -0.126. The van der Waals surface area contributed by atoms with Crippen LogP contribution >= 0.6 is 0 Å². The number of aromatic nitrogens is 1. The lowest BCUT2D eigenvalue weighted by Crippen LogP contribution is -2.44. The van der Waals surface area contributed by atoms with E-state index in [1.54, 1.807) is 29.4 Å². The Bertz CT molecular complexity index is 496. The molecular weight excluding hydrogens is 280 g/mol. The smallest absolute Gasteiger partial charge is 0.255 e. The number of hydrogen-bond donors (Lipinski definition) is 1. The van der Waals surface area contributed by atoms with Crippen molar-refractivity contribution in [3.05, 3.63) is 30.1 Å². The topological polar surface area (TPSA) is 65.5 Å². The quantitative estimate of drug-likeness (QED) is 0.866. The molecule has 0 atom stereocenters. The molecule has 0 saturated carbocycles. The molecule has 22 heavy (non-hydrogen) atoms. The highest BCUT2D eigenvalue weighted by atomic mass is 16.2. The van der Waals surface area contributed by atoms with Crippen molar-refractivity contribution in [2.75, 3.05) is 40.3 Å². The van der Waals surface area contributed by atoms with Gasteiger partial charge in [0, 0.05) is 44.5 Å². The molecule has 6 nitrogen and oxygen atoms in total. The fourth-order valence-corrected chi connectivity index (χ4v) is 2.56. The second-order valence-corrected chi connectivity index (χ2v) is 5.90. The van der Waals surface area contributed by atoms with E-state index < -0.39 is 0 Å². The maximum absolute atomic E-state index is 12.3. The average molecular weight is 304 g/mol. The van der Waals surface area contributed by atoms with Crippen LogP contribution in [-0.4, -0.2) is 66.9 Å². The van der Waals surface area contributed by atoms with Gasteiger partial charge in [0.25, 0.3) is 5.91 Å². The number of carbonyl (C=O) groups excluding carboxylic acids is 2. The summed E-state index contributed by atoms with van der Waals surface area (Å²) in [7, 11) is 3.96. The third kappa shape index (κ3) is 4.53. The third-order valence-corrected chi connectivity index (χ3v) is 3.92. The van der Waals surface area contributed by atoms with E-state index in [0.29, 0.717) is 25.2 Å². The van der Waals surface area contributed by atoms with Gasteiger partial charge in [-0.3, -0.25) is 14.6 Å². The van der Waals surface area contributed by atoms with Gasteiger partial charge in [-0.2, -0.15) is 0 Å². The van der Waals surface area contributed by atoms with Crippen molar-refractivity contribution in [3.8, 4) is 0 Å². The Morgan fingerprint density at radius 1 is 1.36 bits per heavy atom. The molecule has 0 radical (unpaired) electrons. The zero-order valence-electron chi connectivity index (χ0n) is 13.3. The zero-order chi connectivity index (χ0) is 15.9. The van der Waals surface area contributed by atoms with Gasteiger partial charge in [0.05, 0.1) is 5.56 Å². The van der Waals surface area contributed by atoms with Crippen molar-refractivity contribution < 1.29 is 9.59 Å². The largest absolute Gasteiger partial charge is 0.355 e. The molecule has 2 rings (SSSR count). The minimum absolute atomic E-state index is 0.000402. The summed E-state index contributed by atoms with van der Waals surface area (Å²) >= 11 is 0. The maximum Gasteiger partial charge on any atom is 0.255 e. The van der Waals surface area contributed by atoms with Crippen LogP contribution in [0.4, 0.5) is 0 Å². The van der Waals surface area contributed by atoms with Crippen LogP contribution in [-0.2, 0) is 4.79 Å². The molecule has 2 heterocycles. The van der Waals surface area contributed by atoms with Crippen molar-refractivity contribution >= 4 is 11.8 Å². The first-order valence-corrected chi connectivity index (χ1v) is 7.69. The van der Waals surface area contributed by atoms with Crippen molar-refractivity contribution in [2.45, 2.75) is 12.8 Å². The van der Waals surface area contributed by atoms with Crippen LogP contribution in [0.5, 0.6) is 0 Å². The highest BCUT2D eigenvalue weighted by Gasteiger charge is 2.27. The van der Waals surface area contributed by atoms with Crippen LogP contribution in [0.15, 0.2) is 24.5 Å². The second-order valence-electron chi connectivity index (χ2n) is 5.90. The molecule has 1 saturated heterocycles. The highest BCUT2D eigenvalue weighted by molar-refractivity contribution is 5.94. The Labute approximate surface area is 131 Å². The molecule has 1 aromatic rings. The molecule has 6 heteroatoms. The lowest BCUT2D eigenvalue weighted by Gasteiger charge is -2.31. The van der Waals surface area contributed by atoms with E-state index in [4.69, 9.17) is 0 Å². The van der Waals surface area contributed by atoms with E-state index >= 15 is 0 Å². The molecule has 2 amide bonds. The van der Waals surface area contributed by atoms with Gasteiger partial charge in [-0.1, -0.05) is 0 Å². The molecule has 0 aliphatic carbocycles. The predicted octanol–water partition coefficient (Wildman–Crippen LogP) is 0.612. The van der Waals surface area contributed by atoms with Gasteiger partial charge >= 0.3 is 0 Å². The van der Waals surface area contributed by atoms with Gasteiger partial charge < -0.3 is 15.1 Å². The number of likely N-dealkylation sites (tertiary alicyclic amines) is 1.